The molecule has 0 aliphatic carbocycles. The standard InChI is InChI=1S/C15H15N3O3S/c1-22(20,21)13-9-11(14(19)18-15(16)17)7-8-12(13)10-5-3-2-4-6-10/h2-9H,1H3,(H4,16,17,18,19). The van der Waals surface area contributed by atoms with E-state index in [1.165, 1.54) is 12.1 Å². The molecule has 0 aliphatic rings. The Kier molecular flexibility index (Phi) is 4.27. The molecule has 1 amide bonds. The number of carbonyl (C=O) groups is 1. The van der Waals surface area contributed by atoms with E-state index in [9.17, 15) is 13.2 Å². The highest BCUT2D eigenvalue weighted by Gasteiger charge is 2.17. The van der Waals surface area contributed by atoms with Gasteiger partial charge in [-0.15, -0.1) is 0 Å². The second-order valence-electron chi connectivity index (χ2n) is 4.69. The van der Waals surface area contributed by atoms with Crippen molar-refractivity contribution in [1.29, 1.82) is 0 Å². The van der Waals surface area contributed by atoms with E-state index in [0.29, 0.717) is 5.56 Å². The lowest BCUT2D eigenvalue weighted by atomic mass is 10.0. The maximum atomic E-state index is 12.0. The highest BCUT2D eigenvalue weighted by Crippen LogP contribution is 2.28. The van der Waals surface area contributed by atoms with Crippen LogP contribution in [0.5, 0.6) is 0 Å². The Balaban J connectivity index is 2.64. The summed E-state index contributed by atoms with van der Waals surface area (Å²) in [6, 6.07) is 13.4. The Bertz CT molecular complexity index is 840. The third kappa shape index (κ3) is 3.50. The van der Waals surface area contributed by atoms with Crippen LogP contribution in [-0.2, 0) is 9.84 Å². The van der Waals surface area contributed by atoms with Gasteiger partial charge in [0.1, 0.15) is 0 Å². The lowest BCUT2D eigenvalue weighted by Gasteiger charge is -2.09. The average molecular weight is 317 g/mol. The van der Waals surface area contributed by atoms with Crippen molar-refractivity contribution < 1.29 is 13.2 Å². The number of hydrogen-bond donors (Lipinski definition) is 2. The van der Waals surface area contributed by atoms with E-state index in [-0.39, 0.29) is 16.4 Å². The average Bonchev–Trinajstić information content (AvgIpc) is 2.46. The van der Waals surface area contributed by atoms with Crippen LogP contribution in [0.25, 0.3) is 11.1 Å². The van der Waals surface area contributed by atoms with Gasteiger partial charge in [-0.25, -0.2) is 8.42 Å². The topological polar surface area (TPSA) is 116 Å². The van der Waals surface area contributed by atoms with Crippen molar-refractivity contribution >= 4 is 21.7 Å². The van der Waals surface area contributed by atoms with Crippen LogP contribution in [0.15, 0.2) is 58.4 Å². The Morgan fingerprint density at radius 3 is 2.23 bits per heavy atom. The number of nitrogens with two attached hydrogens (primary N) is 2. The second kappa shape index (κ2) is 5.98. The summed E-state index contributed by atoms with van der Waals surface area (Å²) in [5.74, 6) is -1.07. The summed E-state index contributed by atoms with van der Waals surface area (Å²) in [5.41, 5.74) is 11.7. The molecule has 7 heteroatoms. The fraction of sp³-hybridized carbons (Fsp3) is 0.0667. The quantitative estimate of drug-likeness (QED) is 0.651. The molecule has 2 rings (SSSR count). The molecule has 4 N–H and O–H groups in total. The minimum atomic E-state index is -3.53. The maximum absolute atomic E-state index is 12.0. The molecule has 2 aromatic carbocycles. The summed E-state index contributed by atoms with van der Waals surface area (Å²) >= 11 is 0. The molecule has 114 valence electrons. The lowest BCUT2D eigenvalue weighted by molar-refractivity contribution is 0.100. The van der Waals surface area contributed by atoms with E-state index in [0.717, 1.165) is 11.8 Å². The van der Waals surface area contributed by atoms with Crippen molar-refractivity contribution in [3.8, 4) is 11.1 Å². The summed E-state index contributed by atoms with van der Waals surface area (Å²) in [6.07, 6.45) is 1.09. The first-order valence-electron chi connectivity index (χ1n) is 6.32. The largest absolute Gasteiger partial charge is 0.370 e. The molecule has 0 atom stereocenters. The van der Waals surface area contributed by atoms with Crippen molar-refractivity contribution in [3.63, 3.8) is 0 Å². The van der Waals surface area contributed by atoms with E-state index in [2.05, 4.69) is 4.99 Å². The molecule has 0 unspecified atom stereocenters. The van der Waals surface area contributed by atoms with Crippen molar-refractivity contribution in [2.75, 3.05) is 6.26 Å². The SMILES string of the molecule is CS(=O)(=O)c1cc(C(=O)N=C(N)N)ccc1-c1ccccc1. The smallest absolute Gasteiger partial charge is 0.280 e. The van der Waals surface area contributed by atoms with Gasteiger partial charge in [-0.1, -0.05) is 36.4 Å². The van der Waals surface area contributed by atoms with Crippen LogP contribution >= 0.6 is 0 Å². The summed E-state index contributed by atoms with van der Waals surface area (Å²) < 4.78 is 24.1. The van der Waals surface area contributed by atoms with E-state index >= 15 is 0 Å². The van der Waals surface area contributed by atoms with Gasteiger partial charge in [0.25, 0.3) is 5.91 Å². The van der Waals surface area contributed by atoms with Crippen LogP contribution in [0.1, 0.15) is 10.4 Å². The number of carbonyl (C=O) groups excluding carboxylic acids is 1. The Morgan fingerprint density at radius 2 is 1.68 bits per heavy atom. The maximum Gasteiger partial charge on any atom is 0.280 e. The number of benzene rings is 2. The molecular weight excluding hydrogens is 302 g/mol. The number of amides is 1. The molecule has 0 heterocycles. The monoisotopic (exact) mass is 317 g/mol. The molecule has 2 aromatic rings. The minimum Gasteiger partial charge on any atom is -0.370 e. The van der Waals surface area contributed by atoms with Crippen LogP contribution < -0.4 is 11.5 Å². The van der Waals surface area contributed by atoms with Gasteiger partial charge < -0.3 is 11.5 Å². The lowest BCUT2D eigenvalue weighted by Crippen LogP contribution is -2.24. The Hall–Kier alpha value is -2.67. The van der Waals surface area contributed by atoms with E-state index < -0.39 is 15.7 Å². The number of nitrogens with zero attached hydrogens (tertiary/aromatic N) is 1. The van der Waals surface area contributed by atoms with Crippen LogP contribution in [0.2, 0.25) is 0 Å². The number of hydrogen-bond acceptors (Lipinski definition) is 3. The Labute approximate surface area is 128 Å². The van der Waals surface area contributed by atoms with Gasteiger partial charge in [-0.3, -0.25) is 4.79 Å². The summed E-state index contributed by atoms with van der Waals surface area (Å²) in [5, 5.41) is 0. The van der Waals surface area contributed by atoms with Gasteiger partial charge in [0.2, 0.25) is 0 Å². The third-order valence-electron chi connectivity index (χ3n) is 2.94. The summed E-state index contributed by atoms with van der Waals surface area (Å²) in [4.78, 5) is 15.3. The first-order valence-corrected chi connectivity index (χ1v) is 8.21. The molecule has 0 aromatic heterocycles. The minimum absolute atomic E-state index is 0.0512. The molecule has 0 saturated carbocycles. The number of rotatable bonds is 3. The zero-order valence-electron chi connectivity index (χ0n) is 11.9. The fourth-order valence-electron chi connectivity index (χ4n) is 2.00. The van der Waals surface area contributed by atoms with Crippen molar-refractivity contribution in [3.05, 3.63) is 54.1 Å². The molecular formula is C15H15N3O3S. The van der Waals surface area contributed by atoms with Crippen LogP contribution in [-0.4, -0.2) is 26.5 Å². The molecule has 0 radical (unpaired) electrons. The van der Waals surface area contributed by atoms with Gasteiger partial charge >= 0.3 is 0 Å². The fourth-order valence-corrected chi connectivity index (χ4v) is 2.93. The normalized spacial score (nSPS) is 11.0. The molecule has 22 heavy (non-hydrogen) atoms. The highest BCUT2D eigenvalue weighted by atomic mass is 32.2. The van der Waals surface area contributed by atoms with Gasteiger partial charge in [-0.05, 0) is 17.7 Å². The number of guanidine groups is 1. The van der Waals surface area contributed by atoms with E-state index in [1.54, 1.807) is 30.3 Å². The first-order chi connectivity index (χ1) is 10.3. The molecule has 0 saturated heterocycles. The molecule has 6 nitrogen and oxygen atoms in total. The number of aliphatic imine (C=N–C) groups is 1. The summed E-state index contributed by atoms with van der Waals surface area (Å²) in [6.45, 7) is 0. The molecule has 0 bridgehead atoms. The highest BCUT2D eigenvalue weighted by molar-refractivity contribution is 7.90. The van der Waals surface area contributed by atoms with Gasteiger partial charge in [0.15, 0.2) is 15.8 Å². The molecule has 0 aliphatic heterocycles. The first kappa shape index (κ1) is 15.7. The van der Waals surface area contributed by atoms with Crippen LogP contribution in [0.3, 0.4) is 0 Å². The van der Waals surface area contributed by atoms with E-state index in [4.69, 9.17) is 11.5 Å². The van der Waals surface area contributed by atoms with E-state index in [1.807, 2.05) is 6.07 Å². The van der Waals surface area contributed by atoms with Crippen molar-refractivity contribution in [2.24, 2.45) is 16.5 Å². The van der Waals surface area contributed by atoms with Gasteiger partial charge in [-0.2, -0.15) is 4.99 Å². The Morgan fingerprint density at radius 1 is 1.05 bits per heavy atom. The molecule has 0 fully saturated rings. The van der Waals surface area contributed by atoms with Crippen molar-refractivity contribution in [2.45, 2.75) is 4.90 Å². The van der Waals surface area contributed by atoms with Crippen molar-refractivity contribution in [1.82, 2.24) is 0 Å². The number of sulfone groups is 1. The van der Waals surface area contributed by atoms with Crippen LogP contribution in [0.4, 0.5) is 0 Å². The predicted molar refractivity (Wildman–Crippen MR) is 85.1 cm³/mol. The second-order valence-corrected chi connectivity index (χ2v) is 6.68. The zero-order valence-corrected chi connectivity index (χ0v) is 12.7. The molecule has 0 spiro atoms. The van der Waals surface area contributed by atoms with Crippen LogP contribution in [0, 0.1) is 0 Å². The van der Waals surface area contributed by atoms with Gasteiger partial charge in [0.05, 0.1) is 4.90 Å². The zero-order chi connectivity index (χ0) is 16.3. The summed E-state index contributed by atoms with van der Waals surface area (Å²) in [7, 11) is -3.53. The third-order valence-corrected chi connectivity index (χ3v) is 4.08. The predicted octanol–water partition coefficient (Wildman–Crippen LogP) is 1.17. The van der Waals surface area contributed by atoms with Gasteiger partial charge in [0, 0.05) is 17.4 Å².